The fourth-order valence-corrected chi connectivity index (χ4v) is 3.86. The van der Waals surface area contributed by atoms with Gasteiger partial charge in [0.2, 0.25) is 0 Å². The third kappa shape index (κ3) is 2.58. The second-order valence-corrected chi connectivity index (χ2v) is 6.54. The maximum Gasteiger partial charge on any atom is 0.186 e. The third-order valence-electron chi connectivity index (χ3n) is 3.86. The molecule has 0 aliphatic carbocycles. The summed E-state index contributed by atoms with van der Waals surface area (Å²) in [6.07, 6.45) is 2.35. The smallest absolute Gasteiger partial charge is 0.186 e. The predicted octanol–water partition coefficient (Wildman–Crippen LogP) is 3.42. The molecule has 0 amide bonds. The minimum Gasteiger partial charge on any atom is -0.344 e. The molecule has 0 saturated heterocycles. The number of hydrogen-bond donors (Lipinski definition) is 1. The second kappa shape index (κ2) is 5.54. The Kier molecular flexibility index (Phi) is 3.76. The number of aromatic nitrogens is 1. The van der Waals surface area contributed by atoms with Gasteiger partial charge in [-0.1, -0.05) is 24.3 Å². The van der Waals surface area contributed by atoms with E-state index in [1.165, 1.54) is 22.4 Å². The summed E-state index contributed by atoms with van der Waals surface area (Å²) in [5.41, 5.74) is 10.0. The van der Waals surface area contributed by atoms with Crippen molar-refractivity contribution < 1.29 is 0 Å². The monoisotopic (exact) mass is 287 g/mol. The highest BCUT2D eigenvalue weighted by Crippen LogP contribution is 2.32. The molecule has 3 rings (SSSR count). The number of nitrogens with two attached hydrogens (primary N) is 1. The SMILES string of the molecule is Cc1nc(N2CCCc3ccccc3C2)sc1C(C)N. The van der Waals surface area contributed by atoms with Gasteiger partial charge in [-0.25, -0.2) is 4.98 Å². The molecule has 20 heavy (non-hydrogen) atoms. The lowest BCUT2D eigenvalue weighted by Crippen LogP contribution is -2.22. The number of rotatable bonds is 2. The molecule has 0 bridgehead atoms. The van der Waals surface area contributed by atoms with Crippen LogP contribution in [0.5, 0.6) is 0 Å². The summed E-state index contributed by atoms with van der Waals surface area (Å²) in [4.78, 5) is 8.34. The quantitative estimate of drug-likeness (QED) is 0.920. The Bertz CT molecular complexity index is 604. The molecule has 2 N–H and O–H groups in total. The van der Waals surface area contributed by atoms with Crippen molar-refractivity contribution in [3.05, 3.63) is 46.0 Å². The number of anilines is 1. The highest BCUT2D eigenvalue weighted by Gasteiger charge is 2.19. The molecule has 2 aromatic rings. The highest BCUT2D eigenvalue weighted by molar-refractivity contribution is 7.15. The Morgan fingerprint density at radius 2 is 2.05 bits per heavy atom. The van der Waals surface area contributed by atoms with Gasteiger partial charge in [0.1, 0.15) is 0 Å². The van der Waals surface area contributed by atoms with Gasteiger partial charge in [-0.15, -0.1) is 11.3 Å². The molecule has 1 unspecified atom stereocenters. The van der Waals surface area contributed by atoms with Crippen molar-refractivity contribution in [2.24, 2.45) is 5.73 Å². The number of nitrogens with zero attached hydrogens (tertiary/aromatic N) is 2. The van der Waals surface area contributed by atoms with E-state index >= 15 is 0 Å². The number of aryl methyl sites for hydroxylation is 2. The molecule has 1 aliphatic rings. The van der Waals surface area contributed by atoms with Gasteiger partial charge in [0.25, 0.3) is 0 Å². The van der Waals surface area contributed by atoms with Crippen LogP contribution in [0, 0.1) is 6.92 Å². The molecule has 0 radical (unpaired) electrons. The van der Waals surface area contributed by atoms with Gasteiger partial charge in [-0.3, -0.25) is 0 Å². The highest BCUT2D eigenvalue weighted by atomic mass is 32.1. The third-order valence-corrected chi connectivity index (χ3v) is 5.28. The van der Waals surface area contributed by atoms with Crippen LogP contribution in [-0.4, -0.2) is 11.5 Å². The summed E-state index contributed by atoms with van der Waals surface area (Å²) >= 11 is 1.75. The summed E-state index contributed by atoms with van der Waals surface area (Å²) in [6.45, 7) is 6.12. The van der Waals surface area contributed by atoms with Crippen LogP contribution in [-0.2, 0) is 13.0 Å². The zero-order chi connectivity index (χ0) is 14.1. The molecule has 1 aromatic heterocycles. The molecule has 0 saturated carbocycles. The fraction of sp³-hybridized carbons (Fsp3) is 0.438. The minimum absolute atomic E-state index is 0.0699. The molecule has 106 valence electrons. The van der Waals surface area contributed by atoms with Gasteiger partial charge in [0.15, 0.2) is 5.13 Å². The molecule has 0 fully saturated rings. The van der Waals surface area contributed by atoms with Crippen LogP contribution in [0.1, 0.15) is 41.1 Å². The Balaban J connectivity index is 1.89. The van der Waals surface area contributed by atoms with Gasteiger partial charge < -0.3 is 10.6 Å². The molecular weight excluding hydrogens is 266 g/mol. The van der Waals surface area contributed by atoms with E-state index in [1.54, 1.807) is 11.3 Å². The second-order valence-electron chi connectivity index (χ2n) is 5.53. The topological polar surface area (TPSA) is 42.2 Å². The molecule has 1 aromatic carbocycles. The first kappa shape index (κ1) is 13.6. The molecule has 1 aliphatic heterocycles. The van der Waals surface area contributed by atoms with Gasteiger partial charge in [-0.2, -0.15) is 0 Å². The standard InChI is InChI=1S/C16H21N3S/c1-11(17)15-12(2)18-16(20-15)19-9-5-8-13-6-3-4-7-14(13)10-19/h3-4,6-7,11H,5,8-10,17H2,1-2H3. The molecule has 2 heterocycles. The van der Waals surface area contributed by atoms with Crippen LogP contribution < -0.4 is 10.6 Å². The fourth-order valence-electron chi connectivity index (χ4n) is 2.82. The lowest BCUT2D eigenvalue weighted by molar-refractivity contribution is 0.761. The largest absolute Gasteiger partial charge is 0.344 e. The molecular formula is C16H21N3S. The molecule has 1 atom stereocenters. The van der Waals surface area contributed by atoms with Gasteiger partial charge >= 0.3 is 0 Å². The van der Waals surface area contributed by atoms with Gasteiger partial charge in [-0.05, 0) is 37.8 Å². The van der Waals surface area contributed by atoms with E-state index in [0.717, 1.165) is 30.3 Å². The maximum atomic E-state index is 6.02. The van der Waals surface area contributed by atoms with E-state index in [-0.39, 0.29) is 6.04 Å². The van der Waals surface area contributed by atoms with Crippen LogP contribution in [0.4, 0.5) is 5.13 Å². The first-order valence-corrected chi connectivity index (χ1v) is 8.01. The number of thiazole rings is 1. The average Bonchev–Trinajstić information content (AvgIpc) is 2.69. The minimum atomic E-state index is 0.0699. The van der Waals surface area contributed by atoms with E-state index in [9.17, 15) is 0 Å². The van der Waals surface area contributed by atoms with Crippen LogP contribution in [0.2, 0.25) is 0 Å². The van der Waals surface area contributed by atoms with Crippen molar-refractivity contribution in [1.29, 1.82) is 0 Å². The van der Waals surface area contributed by atoms with E-state index in [0.29, 0.717) is 0 Å². The summed E-state index contributed by atoms with van der Waals surface area (Å²) in [5.74, 6) is 0. The van der Waals surface area contributed by atoms with Crippen molar-refractivity contribution in [1.82, 2.24) is 4.98 Å². The Morgan fingerprint density at radius 3 is 2.75 bits per heavy atom. The predicted molar refractivity (Wildman–Crippen MR) is 85.3 cm³/mol. The number of hydrogen-bond acceptors (Lipinski definition) is 4. The van der Waals surface area contributed by atoms with Gasteiger partial charge in [0, 0.05) is 24.0 Å². The summed E-state index contributed by atoms with van der Waals surface area (Å²) in [7, 11) is 0. The Morgan fingerprint density at radius 1 is 1.30 bits per heavy atom. The summed E-state index contributed by atoms with van der Waals surface area (Å²) in [6, 6.07) is 8.82. The van der Waals surface area contributed by atoms with E-state index in [2.05, 4.69) is 36.1 Å². The maximum absolute atomic E-state index is 6.02. The normalized spacial score (nSPS) is 16.6. The lowest BCUT2D eigenvalue weighted by Gasteiger charge is -2.19. The number of benzene rings is 1. The van der Waals surface area contributed by atoms with E-state index < -0.39 is 0 Å². The van der Waals surface area contributed by atoms with Crippen LogP contribution in [0.3, 0.4) is 0 Å². The first-order chi connectivity index (χ1) is 9.65. The summed E-state index contributed by atoms with van der Waals surface area (Å²) in [5, 5.41) is 1.12. The van der Waals surface area contributed by atoms with Crippen molar-refractivity contribution in [2.45, 2.75) is 39.3 Å². The van der Waals surface area contributed by atoms with Crippen LogP contribution >= 0.6 is 11.3 Å². The molecule has 3 nitrogen and oxygen atoms in total. The van der Waals surface area contributed by atoms with Crippen molar-refractivity contribution >= 4 is 16.5 Å². The van der Waals surface area contributed by atoms with E-state index in [4.69, 9.17) is 10.7 Å². The molecule has 0 spiro atoms. The van der Waals surface area contributed by atoms with Crippen LogP contribution in [0.25, 0.3) is 0 Å². The zero-order valence-corrected chi connectivity index (χ0v) is 12.9. The average molecular weight is 287 g/mol. The summed E-state index contributed by atoms with van der Waals surface area (Å²) < 4.78 is 0. The number of fused-ring (bicyclic) bond motifs is 1. The van der Waals surface area contributed by atoms with Crippen molar-refractivity contribution in [3.63, 3.8) is 0 Å². The van der Waals surface area contributed by atoms with Crippen molar-refractivity contribution in [3.8, 4) is 0 Å². The Hall–Kier alpha value is -1.39. The van der Waals surface area contributed by atoms with Crippen molar-refractivity contribution in [2.75, 3.05) is 11.4 Å². The Labute approximate surface area is 124 Å². The molecule has 4 heteroatoms. The first-order valence-electron chi connectivity index (χ1n) is 7.20. The van der Waals surface area contributed by atoms with E-state index in [1.807, 2.05) is 6.92 Å². The zero-order valence-electron chi connectivity index (χ0n) is 12.1. The lowest BCUT2D eigenvalue weighted by atomic mass is 10.0. The van der Waals surface area contributed by atoms with Gasteiger partial charge in [0.05, 0.1) is 5.69 Å². The van der Waals surface area contributed by atoms with Crippen LogP contribution in [0.15, 0.2) is 24.3 Å².